The molecule has 3 N–H and O–H groups in total. The zero-order chi connectivity index (χ0) is 24.2. The number of nitrogens with one attached hydrogen (secondary N) is 3. The van der Waals surface area contributed by atoms with Gasteiger partial charge in [0.15, 0.2) is 5.82 Å². The maximum Gasteiger partial charge on any atom is 0.417 e. The van der Waals surface area contributed by atoms with Gasteiger partial charge in [0.1, 0.15) is 0 Å². The average Bonchev–Trinajstić information content (AvgIpc) is 2.79. The van der Waals surface area contributed by atoms with Gasteiger partial charge in [-0.3, -0.25) is 9.59 Å². The van der Waals surface area contributed by atoms with E-state index in [9.17, 15) is 22.8 Å². The van der Waals surface area contributed by atoms with Crippen molar-refractivity contribution in [3.8, 4) is 6.07 Å². The number of rotatable bonds is 5. The first-order valence-electron chi connectivity index (χ1n) is 9.61. The largest absolute Gasteiger partial charge is 0.417 e. The molecule has 1 aromatic heterocycles. The van der Waals surface area contributed by atoms with Gasteiger partial charge in [0.25, 0.3) is 11.8 Å². The molecular formula is C23H18F3N5O2. The maximum absolute atomic E-state index is 13.3. The summed E-state index contributed by atoms with van der Waals surface area (Å²) in [4.78, 5) is 29.0. The second-order valence-electron chi connectivity index (χ2n) is 6.96. The number of alkyl halides is 3. The number of nitriles is 1. The van der Waals surface area contributed by atoms with E-state index in [0.717, 1.165) is 17.7 Å². The van der Waals surface area contributed by atoms with Gasteiger partial charge in [-0.25, -0.2) is 4.98 Å². The van der Waals surface area contributed by atoms with E-state index in [2.05, 4.69) is 20.9 Å². The quantitative estimate of drug-likeness (QED) is 0.522. The second-order valence-corrected chi connectivity index (χ2v) is 6.96. The van der Waals surface area contributed by atoms with Gasteiger partial charge in [0, 0.05) is 24.5 Å². The number of hydrogen-bond donors (Lipinski definition) is 3. The molecule has 168 valence electrons. The molecule has 3 rings (SSSR count). The highest BCUT2D eigenvalue weighted by atomic mass is 19.4. The number of aryl methyl sites for hydroxylation is 1. The van der Waals surface area contributed by atoms with Gasteiger partial charge >= 0.3 is 6.18 Å². The third kappa shape index (κ3) is 5.27. The zero-order valence-electron chi connectivity index (χ0n) is 17.5. The van der Waals surface area contributed by atoms with E-state index < -0.39 is 29.1 Å². The fourth-order valence-corrected chi connectivity index (χ4v) is 2.98. The number of anilines is 3. The SMILES string of the molecule is CNC(=O)c1cnc(Nc2ccccc2C)c(NC(=O)c2ccc(C#N)c(C(F)(F)F)c2)c1. The fraction of sp³-hybridized carbons (Fsp3) is 0.130. The van der Waals surface area contributed by atoms with E-state index in [4.69, 9.17) is 5.26 Å². The molecule has 2 aromatic carbocycles. The summed E-state index contributed by atoms with van der Waals surface area (Å²) in [6.07, 6.45) is -3.50. The van der Waals surface area contributed by atoms with E-state index in [1.54, 1.807) is 12.1 Å². The number of pyridine rings is 1. The minimum atomic E-state index is -4.81. The summed E-state index contributed by atoms with van der Waals surface area (Å²) in [7, 11) is 1.43. The van der Waals surface area contributed by atoms with Crippen molar-refractivity contribution < 1.29 is 22.8 Å². The monoisotopic (exact) mass is 453 g/mol. The van der Waals surface area contributed by atoms with Gasteiger partial charge < -0.3 is 16.0 Å². The van der Waals surface area contributed by atoms with Crippen LogP contribution in [0.4, 0.5) is 30.4 Å². The number of benzene rings is 2. The Labute approximate surface area is 187 Å². The molecule has 0 aliphatic carbocycles. The third-order valence-corrected chi connectivity index (χ3v) is 4.73. The van der Waals surface area contributed by atoms with Crippen molar-refractivity contribution in [2.45, 2.75) is 13.1 Å². The smallest absolute Gasteiger partial charge is 0.355 e. The summed E-state index contributed by atoms with van der Waals surface area (Å²) >= 11 is 0. The molecule has 10 heteroatoms. The van der Waals surface area contributed by atoms with Crippen LogP contribution in [0.3, 0.4) is 0 Å². The summed E-state index contributed by atoms with van der Waals surface area (Å²) in [5.74, 6) is -1.14. The molecule has 0 spiro atoms. The van der Waals surface area contributed by atoms with E-state index >= 15 is 0 Å². The Bertz CT molecular complexity index is 1270. The Hall–Kier alpha value is -4.39. The maximum atomic E-state index is 13.3. The molecule has 1 heterocycles. The van der Waals surface area contributed by atoms with Crippen molar-refractivity contribution in [2.75, 3.05) is 17.7 Å². The van der Waals surface area contributed by atoms with Gasteiger partial charge in [0.05, 0.1) is 28.4 Å². The van der Waals surface area contributed by atoms with Crippen LogP contribution in [0.1, 0.15) is 37.4 Å². The molecule has 0 unspecified atom stereocenters. The molecule has 0 aliphatic heterocycles. The highest BCUT2D eigenvalue weighted by Crippen LogP contribution is 2.33. The van der Waals surface area contributed by atoms with Crippen LogP contribution in [0.5, 0.6) is 0 Å². The fourth-order valence-electron chi connectivity index (χ4n) is 2.98. The van der Waals surface area contributed by atoms with Crippen molar-refractivity contribution >= 4 is 29.0 Å². The lowest BCUT2D eigenvalue weighted by atomic mass is 10.0. The normalized spacial score (nSPS) is 10.8. The van der Waals surface area contributed by atoms with Crippen LogP contribution in [0, 0.1) is 18.3 Å². The van der Waals surface area contributed by atoms with Gasteiger partial charge in [-0.05, 0) is 42.8 Å². The van der Waals surface area contributed by atoms with Crippen LogP contribution in [-0.4, -0.2) is 23.8 Å². The van der Waals surface area contributed by atoms with Gasteiger partial charge in [-0.1, -0.05) is 18.2 Å². The second kappa shape index (κ2) is 9.40. The molecule has 0 saturated carbocycles. The number of hydrogen-bond acceptors (Lipinski definition) is 5. The van der Waals surface area contributed by atoms with E-state index in [-0.39, 0.29) is 22.6 Å². The number of halogens is 3. The molecule has 7 nitrogen and oxygen atoms in total. The van der Waals surface area contributed by atoms with Crippen LogP contribution in [0.25, 0.3) is 0 Å². The predicted molar refractivity (Wildman–Crippen MR) is 116 cm³/mol. The predicted octanol–water partition coefficient (Wildman–Crippen LogP) is 4.64. The summed E-state index contributed by atoms with van der Waals surface area (Å²) in [5.41, 5.74) is -0.327. The standard InChI is InChI=1S/C23H18F3N5O2/c1-13-5-3-4-6-18(13)30-20-19(10-16(12-29-20)21(32)28-2)31-22(33)14-7-8-15(11-27)17(9-14)23(24,25)26/h3-10,12H,1-2H3,(H,28,32)(H,29,30)(H,31,33). The average molecular weight is 453 g/mol. The number of amides is 2. The molecule has 0 bridgehead atoms. The number of para-hydroxylation sites is 1. The summed E-state index contributed by atoms with van der Waals surface area (Å²) in [6, 6.07) is 12.8. The van der Waals surface area contributed by atoms with Crippen LogP contribution < -0.4 is 16.0 Å². The Morgan fingerprint density at radius 3 is 2.36 bits per heavy atom. The molecule has 2 amide bonds. The van der Waals surface area contributed by atoms with Crippen LogP contribution >= 0.6 is 0 Å². The van der Waals surface area contributed by atoms with Crippen molar-refractivity contribution in [2.24, 2.45) is 0 Å². The molecule has 0 radical (unpaired) electrons. The van der Waals surface area contributed by atoms with Crippen molar-refractivity contribution in [3.05, 3.63) is 82.5 Å². The minimum Gasteiger partial charge on any atom is -0.355 e. The number of carbonyl (C=O) groups excluding carboxylic acids is 2. The third-order valence-electron chi connectivity index (χ3n) is 4.73. The van der Waals surface area contributed by atoms with Crippen molar-refractivity contribution in [1.82, 2.24) is 10.3 Å². The van der Waals surface area contributed by atoms with Crippen molar-refractivity contribution in [3.63, 3.8) is 0 Å². The first-order chi connectivity index (χ1) is 15.6. The van der Waals surface area contributed by atoms with E-state index in [0.29, 0.717) is 11.8 Å². The number of carbonyl (C=O) groups is 2. The van der Waals surface area contributed by atoms with E-state index in [1.807, 2.05) is 19.1 Å². The minimum absolute atomic E-state index is 0.0854. The molecule has 0 atom stereocenters. The Kier molecular flexibility index (Phi) is 6.63. The van der Waals surface area contributed by atoms with Crippen molar-refractivity contribution in [1.29, 1.82) is 5.26 Å². The highest BCUT2D eigenvalue weighted by Gasteiger charge is 2.34. The van der Waals surface area contributed by atoms with Gasteiger partial charge in [-0.15, -0.1) is 0 Å². The van der Waals surface area contributed by atoms with Gasteiger partial charge in [0.2, 0.25) is 0 Å². The molecule has 0 saturated heterocycles. The molecule has 3 aromatic rings. The molecule has 0 fully saturated rings. The summed E-state index contributed by atoms with van der Waals surface area (Å²) < 4.78 is 39.9. The zero-order valence-corrected chi connectivity index (χ0v) is 17.5. The first-order valence-corrected chi connectivity index (χ1v) is 9.61. The first kappa shape index (κ1) is 23.3. The van der Waals surface area contributed by atoms with Crippen LogP contribution in [0.15, 0.2) is 54.7 Å². The Morgan fingerprint density at radius 1 is 1.00 bits per heavy atom. The summed E-state index contributed by atoms with van der Waals surface area (Å²) in [6.45, 7) is 1.86. The van der Waals surface area contributed by atoms with Crippen LogP contribution in [0.2, 0.25) is 0 Å². The number of nitrogens with zero attached hydrogens (tertiary/aromatic N) is 2. The van der Waals surface area contributed by atoms with E-state index in [1.165, 1.54) is 25.4 Å². The van der Waals surface area contributed by atoms with Crippen LogP contribution in [-0.2, 0) is 6.18 Å². The number of aromatic nitrogens is 1. The Balaban J connectivity index is 2.00. The molecular weight excluding hydrogens is 435 g/mol. The lowest BCUT2D eigenvalue weighted by molar-refractivity contribution is -0.137. The molecule has 33 heavy (non-hydrogen) atoms. The highest BCUT2D eigenvalue weighted by molar-refractivity contribution is 6.07. The molecule has 0 aliphatic rings. The van der Waals surface area contributed by atoms with Gasteiger partial charge in [-0.2, -0.15) is 18.4 Å². The lowest BCUT2D eigenvalue weighted by Gasteiger charge is -2.15. The topological polar surface area (TPSA) is 107 Å². The summed E-state index contributed by atoms with van der Waals surface area (Å²) in [5, 5.41) is 17.0. The Morgan fingerprint density at radius 2 is 1.73 bits per heavy atom. The lowest BCUT2D eigenvalue weighted by Crippen LogP contribution is -2.20.